The number of carboxylic acid groups (broad SMARTS) is 1. The van der Waals surface area contributed by atoms with Crippen molar-refractivity contribution >= 4 is 28.7 Å². The van der Waals surface area contributed by atoms with Crippen LogP contribution in [0.25, 0.3) is 0 Å². The van der Waals surface area contributed by atoms with Crippen molar-refractivity contribution in [3.63, 3.8) is 0 Å². The lowest BCUT2D eigenvalue weighted by atomic mass is 10.1. The predicted octanol–water partition coefficient (Wildman–Crippen LogP) is 1.67. The highest BCUT2D eigenvalue weighted by atomic mass is 32.2. The number of carbonyl (C=O) groups excluding carboxylic acids is 1. The Hall–Kier alpha value is -2.22. The van der Waals surface area contributed by atoms with E-state index < -0.39 is 17.5 Å². The maximum absolute atomic E-state index is 11.2. The Morgan fingerprint density at radius 1 is 1.43 bits per heavy atom. The van der Waals surface area contributed by atoms with Crippen LogP contribution >= 0.6 is 11.8 Å². The number of thioether (sulfide) groups is 1. The second-order valence-electron chi connectivity index (χ2n) is 5.06. The second kappa shape index (κ2) is 6.91. The maximum Gasteiger partial charge on any atom is 0.344 e. The van der Waals surface area contributed by atoms with E-state index in [9.17, 15) is 14.7 Å². The van der Waals surface area contributed by atoms with Crippen molar-refractivity contribution in [1.29, 1.82) is 0 Å². The number of nitrogens with zero attached hydrogens (tertiary/aromatic N) is 1. The zero-order valence-corrected chi connectivity index (χ0v) is 13.6. The van der Waals surface area contributed by atoms with Crippen LogP contribution in [-0.4, -0.2) is 51.7 Å². The summed E-state index contributed by atoms with van der Waals surface area (Å²) in [5.74, 6) is -0.980. The monoisotopic (exact) mass is 339 g/mol. The van der Waals surface area contributed by atoms with Gasteiger partial charge in [-0.05, 0) is 26.0 Å². The molecular weight excluding hydrogens is 322 g/mol. The molecule has 0 saturated carbocycles. The average molecular weight is 339 g/mol. The van der Waals surface area contributed by atoms with E-state index in [2.05, 4.69) is 4.99 Å². The van der Waals surface area contributed by atoms with Gasteiger partial charge in [-0.25, -0.2) is 9.59 Å². The van der Waals surface area contributed by atoms with E-state index in [4.69, 9.17) is 14.6 Å². The smallest absolute Gasteiger partial charge is 0.344 e. The number of hydrogen-bond donors (Lipinski definition) is 2. The van der Waals surface area contributed by atoms with Gasteiger partial charge in [0.2, 0.25) is 0 Å². The van der Waals surface area contributed by atoms with Gasteiger partial charge in [-0.2, -0.15) is 0 Å². The summed E-state index contributed by atoms with van der Waals surface area (Å²) in [6.45, 7) is 3.25. The van der Waals surface area contributed by atoms with E-state index in [-0.39, 0.29) is 19.0 Å². The van der Waals surface area contributed by atoms with Crippen LogP contribution in [0.1, 0.15) is 19.4 Å². The van der Waals surface area contributed by atoms with Gasteiger partial charge in [0.25, 0.3) is 0 Å². The van der Waals surface area contributed by atoms with Gasteiger partial charge >= 0.3 is 11.9 Å². The lowest BCUT2D eigenvalue weighted by Crippen LogP contribution is -2.33. The van der Waals surface area contributed by atoms with Crippen LogP contribution in [0.2, 0.25) is 0 Å². The number of phenols is 1. The standard InChI is InChI=1S/C15H17NO6S/c1-3-21-12(18)7-22-9-4-5-10(11(17)6-9)13-16-15(2,8-23-13)14(19)20/h4-6,17H,3,7-8H2,1-2H3,(H,19,20)/t15-/m1/s1. The number of benzene rings is 1. The summed E-state index contributed by atoms with van der Waals surface area (Å²) in [5, 5.41) is 19.7. The molecule has 0 saturated heterocycles. The Balaban J connectivity index is 2.11. The number of aromatic hydroxyl groups is 1. The number of esters is 1. The Morgan fingerprint density at radius 3 is 2.74 bits per heavy atom. The van der Waals surface area contributed by atoms with Crippen LogP contribution in [0.5, 0.6) is 11.5 Å². The largest absolute Gasteiger partial charge is 0.507 e. The molecule has 2 rings (SSSR count). The first-order chi connectivity index (χ1) is 10.9. The quantitative estimate of drug-likeness (QED) is 0.759. The van der Waals surface area contributed by atoms with Gasteiger partial charge in [0.05, 0.1) is 6.61 Å². The summed E-state index contributed by atoms with van der Waals surface area (Å²) in [6, 6.07) is 4.51. The number of aliphatic imine (C=N–C) groups is 1. The van der Waals surface area contributed by atoms with Crippen LogP contribution in [-0.2, 0) is 14.3 Å². The summed E-state index contributed by atoms with van der Waals surface area (Å²) in [4.78, 5) is 26.6. The molecule has 8 heteroatoms. The minimum absolute atomic E-state index is 0.0905. The number of rotatable bonds is 6. The molecule has 1 heterocycles. The number of aliphatic carboxylic acids is 1. The minimum Gasteiger partial charge on any atom is -0.507 e. The van der Waals surface area contributed by atoms with E-state index in [0.717, 1.165) is 0 Å². The van der Waals surface area contributed by atoms with Gasteiger partial charge in [0, 0.05) is 17.4 Å². The van der Waals surface area contributed by atoms with Crippen molar-refractivity contribution in [3.8, 4) is 11.5 Å². The molecule has 0 radical (unpaired) electrons. The summed E-state index contributed by atoms with van der Waals surface area (Å²) in [7, 11) is 0. The van der Waals surface area contributed by atoms with E-state index in [1.54, 1.807) is 19.1 Å². The Kier molecular flexibility index (Phi) is 5.15. The highest BCUT2D eigenvalue weighted by Crippen LogP contribution is 2.35. The van der Waals surface area contributed by atoms with Crippen molar-refractivity contribution in [3.05, 3.63) is 23.8 Å². The zero-order valence-electron chi connectivity index (χ0n) is 12.7. The minimum atomic E-state index is -1.19. The first kappa shape index (κ1) is 17.1. The van der Waals surface area contributed by atoms with Crippen LogP contribution < -0.4 is 4.74 Å². The lowest BCUT2D eigenvalue weighted by Gasteiger charge is -2.11. The van der Waals surface area contributed by atoms with E-state index in [1.165, 1.54) is 24.8 Å². The number of carboxylic acids is 1. The number of ether oxygens (including phenoxy) is 2. The molecule has 1 aromatic rings. The van der Waals surface area contributed by atoms with Crippen molar-refractivity contribution < 1.29 is 29.3 Å². The first-order valence-corrected chi connectivity index (χ1v) is 7.92. The highest BCUT2D eigenvalue weighted by molar-refractivity contribution is 8.14. The van der Waals surface area contributed by atoms with Crippen LogP contribution in [0, 0.1) is 0 Å². The van der Waals surface area contributed by atoms with Crippen molar-refractivity contribution in [2.24, 2.45) is 4.99 Å². The third-order valence-corrected chi connectivity index (χ3v) is 4.45. The van der Waals surface area contributed by atoms with Crippen molar-refractivity contribution in [1.82, 2.24) is 0 Å². The molecule has 1 aliphatic rings. The second-order valence-corrected chi connectivity index (χ2v) is 6.02. The molecule has 0 spiro atoms. The zero-order chi connectivity index (χ0) is 17.0. The molecule has 1 aliphatic heterocycles. The molecule has 124 valence electrons. The fourth-order valence-electron chi connectivity index (χ4n) is 1.87. The number of hydrogen-bond acceptors (Lipinski definition) is 7. The normalized spacial score (nSPS) is 20.0. The predicted molar refractivity (Wildman–Crippen MR) is 85.3 cm³/mol. The summed E-state index contributed by atoms with van der Waals surface area (Å²) in [5.41, 5.74) is -0.755. The lowest BCUT2D eigenvalue weighted by molar-refractivity contribution is -0.145. The van der Waals surface area contributed by atoms with Crippen LogP contribution in [0.15, 0.2) is 23.2 Å². The Bertz CT molecular complexity index is 659. The molecule has 2 N–H and O–H groups in total. The molecule has 0 fully saturated rings. The van der Waals surface area contributed by atoms with Gasteiger partial charge < -0.3 is 19.7 Å². The Morgan fingerprint density at radius 2 is 2.17 bits per heavy atom. The first-order valence-electron chi connectivity index (χ1n) is 6.93. The summed E-state index contributed by atoms with van der Waals surface area (Å²) in [6.07, 6.45) is 0. The van der Waals surface area contributed by atoms with Gasteiger partial charge in [-0.1, -0.05) is 0 Å². The maximum atomic E-state index is 11.2. The molecule has 1 aromatic carbocycles. The third-order valence-electron chi connectivity index (χ3n) is 3.16. The van der Waals surface area contributed by atoms with Gasteiger partial charge in [0.15, 0.2) is 12.1 Å². The average Bonchev–Trinajstić information content (AvgIpc) is 2.89. The molecule has 0 aliphatic carbocycles. The van der Waals surface area contributed by atoms with Gasteiger partial charge in [-0.3, -0.25) is 4.99 Å². The van der Waals surface area contributed by atoms with Crippen molar-refractivity contribution in [2.45, 2.75) is 19.4 Å². The molecule has 7 nitrogen and oxygen atoms in total. The fraction of sp³-hybridized carbons (Fsp3) is 0.400. The van der Waals surface area contributed by atoms with Crippen LogP contribution in [0.4, 0.5) is 0 Å². The molecule has 0 amide bonds. The molecule has 0 unspecified atom stereocenters. The topological polar surface area (TPSA) is 105 Å². The molecular formula is C15H17NO6S. The van der Waals surface area contributed by atoms with E-state index in [1.807, 2.05) is 0 Å². The molecule has 0 aromatic heterocycles. The summed E-state index contributed by atoms with van der Waals surface area (Å²) < 4.78 is 9.96. The number of carbonyl (C=O) groups is 2. The van der Waals surface area contributed by atoms with Gasteiger partial charge in [-0.15, -0.1) is 11.8 Å². The molecule has 1 atom stereocenters. The van der Waals surface area contributed by atoms with Crippen molar-refractivity contribution in [2.75, 3.05) is 19.0 Å². The highest BCUT2D eigenvalue weighted by Gasteiger charge is 2.38. The fourth-order valence-corrected chi connectivity index (χ4v) is 3.07. The molecule has 0 bridgehead atoms. The third kappa shape index (κ3) is 3.95. The molecule has 23 heavy (non-hydrogen) atoms. The van der Waals surface area contributed by atoms with Gasteiger partial charge in [0.1, 0.15) is 16.5 Å². The summed E-state index contributed by atoms with van der Waals surface area (Å²) >= 11 is 1.27. The Labute approximate surface area is 137 Å². The van der Waals surface area contributed by atoms with E-state index in [0.29, 0.717) is 22.1 Å². The number of phenolic OH excluding ortho intramolecular Hbond substituents is 1. The van der Waals surface area contributed by atoms with E-state index >= 15 is 0 Å². The van der Waals surface area contributed by atoms with Crippen LogP contribution in [0.3, 0.4) is 0 Å². The SMILES string of the molecule is CCOC(=O)COc1ccc(C2=N[C@@](C)(C(=O)O)CS2)c(O)c1.